The van der Waals surface area contributed by atoms with Crippen molar-refractivity contribution in [1.29, 1.82) is 0 Å². The monoisotopic (exact) mass is 867 g/mol. The molecule has 0 amide bonds. The van der Waals surface area contributed by atoms with Crippen molar-refractivity contribution >= 4 is 82.6 Å². The van der Waals surface area contributed by atoms with Crippen LogP contribution in [-0.2, 0) is 78.5 Å². The van der Waals surface area contributed by atoms with Gasteiger partial charge in [0.15, 0.2) is 32.6 Å². The fourth-order valence-electron chi connectivity index (χ4n) is 2.29. The largest absolute Gasteiger partial charge is 0.408 e. The van der Waals surface area contributed by atoms with Gasteiger partial charge in [-0.3, -0.25) is 0 Å². The molecule has 0 saturated carbocycles. The van der Waals surface area contributed by atoms with E-state index in [1.807, 2.05) is 0 Å². The second-order valence-electron chi connectivity index (χ2n) is 7.00. The van der Waals surface area contributed by atoms with E-state index in [-0.39, 0.29) is 39.6 Å². The summed E-state index contributed by atoms with van der Waals surface area (Å²) in [6.07, 6.45) is -2.92. The zero-order chi connectivity index (χ0) is 34.4. The third kappa shape index (κ3) is 27.2. The van der Waals surface area contributed by atoms with Crippen molar-refractivity contribution in [1.82, 2.24) is 0 Å². The fourth-order valence-corrected chi connectivity index (χ4v) is 8.25. The molecule has 0 bridgehead atoms. The van der Waals surface area contributed by atoms with Crippen molar-refractivity contribution in [3.63, 3.8) is 0 Å². The molecule has 10 atom stereocenters. The molecule has 272 valence electrons. The minimum absolute atomic E-state index is 0.222. The van der Waals surface area contributed by atoms with Gasteiger partial charge < -0.3 is 44.1 Å². The molecule has 5 N–H and O–H groups in total. The number of ether oxygens (including phenoxy) is 2. The van der Waals surface area contributed by atoms with Gasteiger partial charge in [0.05, 0.1) is 26.4 Å². The lowest BCUT2D eigenvalue weighted by atomic mass is 10.4. The van der Waals surface area contributed by atoms with E-state index < -0.39 is 117 Å². The van der Waals surface area contributed by atoms with Gasteiger partial charge in [-0.2, -0.15) is 36.5 Å². The molecule has 0 heterocycles. The maximum Gasteiger partial charge on any atom is 0.408 e. The van der Waals surface area contributed by atoms with Crippen LogP contribution in [0.3, 0.4) is 0 Å². The van der Waals surface area contributed by atoms with Crippen LogP contribution in [-0.4, -0.2) is 117 Å². The number of aliphatic hydroxyl groups excluding tert-OH is 5. The first-order valence-corrected chi connectivity index (χ1v) is 26.4. The first-order chi connectivity index (χ1) is 22.3. The highest BCUT2D eigenvalue weighted by Gasteiger charge is 2.32. The molecule has 0 rings (SSSR count). The number of aliphatic hydroxyl groups is 5. The smallest absolute Gasteiger partial charge is 0.376 e. The average molecular weight is 867 g/mol. The maximum absolute atomic E-state index is 11.5. The summed E-state index contributed by atoms with van der Waals surface area (Å²) in [4.78, 5) is 10.3. The van der Waals surface area contributed by atoms with Crippen LogP contribution in [0, 0.1) is 0 Å². The summed E-state index contributed by atoms with van der Waals surface area (Å²) in [7, 11) is -8.05. The third-order valence-electron chi connectivity index (χ3n) is 3.93. The second-order valence-corrected chi connectivity index (χ2v) is 20.2. The quantitative estimate of drug-likeness (QED) is 0.0265. The van der Waals surface area contributed by atoms with Crippen LogP contribution in [0.2, 0.25) is 0 Å². The van der Waals surface area contributed by atoms with E-state index >= 15 is 0 Å². The summed E-state index contributed by atoms with van der Waals surface area (Å²) in [5.74, 6) is 0. The third-order valence-corrected chi connectivity index (χ3v) is 13.2. The Morgan fingerprint density at radius 2 is 0.978 bits per heavy atom. The zero-order valence-corrected chi connectivity index (χ0v) is 33.4. The van der Waals surface area contributed by atoms with Gasteiger partial charge in [0.25, 0.3) is 0 Å². The maximum atomic E-state index is 11.5. The molecule has 0 radical (unpaired) electrons. The molecule has 0 aromatic rings. The number of rotatable bonds is 35. The van der Waals surface area contributed by atoms with Gasteiger partial charge in [0.1, 0.15) is 32.9 Å². The van der Waals surface area contributed by atoms with Crippen molar-refractivity contribution in [3.8, 4) is 0 Å². The molecule has 0 aliphatic carbocycles. The van der Waals surface area contributed by atoms with Crippen LogP contribution in [0.25, 0.3) is 0 Å². The molecule has 10 unspecified atom stereocenters. The van der Waals surface area contributed by atoms with Gasteiger partial charge in [-0.25, -0.2) is 23.5 Å². The highest BCUT2D eigenvalue weighted by Crippen LogP contribution is 2.54. The molecular weight excluding hydrogens is 830 g/mol. The molecule has 0 aliphatic heterocycles. The predicted octanol–water partition coefficient (Wildman–Crippen LogP) is 2.86. The first kappa shape index (κ1) is 48.5. The average Bonchev–Trinajstić information content (AvgIpc) is 3.04. The van der Waals surface area contributed by atoms with Gasteiger partial charge in [0.2, 0.25) is 16.1 Å². The minimum Gasteiger partial charge on any atom is -0.376 e. The molecule has 0 fully saturated rings. The van der Waals surface area contributed by atoms with E-state index in [1.54, 1.807) is 0 Å². The van der Waals surface area contributed by atoms with Crippen molar-refractivity contribution < 1.29 is 104 Å². The Bertz CT molecular complexity index is 743. The Balaban J connectivity index is 5.38. The van der Waals surface area contributed by atoms with E-state index in [0.29, 0.717) is 0 Å². The summed E-state index contributed by atoms with van der Waals surface area (Å²) in [6, 6.07) is 0. The van der Waals surface area contributed by atoms with E-state index in [4.69, 9.17) is 90.3 Å². The standard InChI is InChI=1S/C14H34O22P10/c15-7-27-42(37)35-25-5-12(32-36-43(38)28-8-16)1-23-2-13(33-45(40-21)30-10-18)3-24-4-14(34-46(41-22)31-11-19)6-26-44(39-20)29-9-17/h12-19H,1-11,37-38H2/p+3. The van der Waals surface area contributed by atoms with E-state index in [0.717, 1.165) is 0 Å². The summed E-state index contributed by atoms with van der Waals surface area (Å²) in [5, 5.41) is 44.6. The Kier molecular flexibility index (Phi) is 36.5. The fraction of sp³-hybridized carbons (Fsp3) is 1.00. The lowest BCUT2D eigenvalue weighted by Gasteiger charge is -2.21. The number of hydrogen-bond acceptors (Lipinski definition) is 22. The van der Waals surface area contributed by atoms with Crippen LogP contribution in [0.15, 0.2) is 0 Å². The molecule has 0 spiro atoms. The van der Waals surface area contributed by atoms with Crippen LogP contribution in [0.5, 0.6) is 0 Å². The minimum atomic E-state index is -2.53. The summed E-state index contributed by atoms with van der Waals surface area (Å²) >= 11 is 0. The Hall–Kier alpha value is 2.55. The Labute approximate surface area is 278 Å². The number of hydrogen-bond donors (Lipinski definition) is 5. The summed E-state index contributed by atoms with van der Waals surface area (Å²) < 4.78 is 96.1. The van der Waals surface area contributed by atoms with Gasteiger partial charge in [-0.05, 0) is 17.9 Å². The lowest BCUT2D eigenvalue weighted by molar-refractivity contribution is -0.301. The van der Waals surface area contributed by atoms with Crippen LogP contribution in [0.1, 0.15) is 0 Å². The predicted molar refractivity (Wildman–Crippen MR) is 172 cm³/mol. The zero-order valence-electron chi connectivity index (χ0n) is 23.6. The molecule has 46 heavy (non-hydrogen) atoms. The second kappa shape index (κ2) is 34.6. The van der Waals surface area contributed by atoms with Crippen molar-refractivity contribution in [2.75, 3.05) is 73.6 Å². The summed E-state index contributed by atoms with van der Waals surface area (Å²) in [6.45, 7) is -5.06. The van der Waals surface area contributed by atoms with Crippen LogP contribution in [0.4, 0.5) is 0 Å². The van der Waals surface area contributed by atoms with Crippen molar-refractivity contribution in [2.24, 2.45) is 0 Å². The molecule has 32 heteroatoms. The lowest BCUT2D eigenvalue weighted by Crippen LogP contribution is -2.31. The molecule has 0 aromatic heterocycles. The van der Waals surface area contributed by atoms with E-state index in [1.165, 1.54) is 0 Å². The van der Waals surface area contributed by atoms with Gasteiger partial charge in [-0.1, -0.05) is 0 Å². The van der Waals surface area contributed by atoms with Gasteiger partial charge in [0, 0.05) is 0 Å². The highest BCUT2D eigenvalue weighted by atomic mass is 32.1. The Morgan fingerprint density at radius 1 is 0.543 bits per heavy atom. The van der Waals surface area contributed by atoms with Crippen molar-refractivity contribution in [2.45, 2.75) is 18.3 Å². The molecular formula is C14H37O22P10+3. The van der Waals surface area contributed by atoms with Crippen LogP contribution < -0.4 is 0 Å². The van der Waals surface area contributed by atoms with Gasteiger partial charge in [-0.15, -0.1) is 0 Å². The summed E-state index contributed by atoms with van der Waals surface area (Å²) in [5.41, 5.74) is 0. The first-order valence-electron chi connectivity index (χ1n) is 11.9. The molecule has 0 aromatic carbocycles. The van der Waals surface area contributed by atoms with Gasteiger partial charge >= 0.3 is 48.6 Å². The highest BCUT2D eigenvalue weighted by molar-refractivity contribution is 8.11. The van der Waals surface area contributed by atoms with E-state index in [2.05, 4.69) is 17.9 Å². The topological polar surface area (TPSA) is 282 Å². The SMILES string of the molecule is O=P[PH+](OCO)OCC(COCC(COCC(COOP(P)OCO)OOP(P)OCO)O[PH+](OCO)P=O)O[PH+](OCO)P=O. The molecule has 0 saturated heterocycles. The van der Waals surface area contributed by atoms with Crippen molar-refractivity contribution in [3.05, 3.63) is 0 Å². The molecule has 0 aliphatic rings. The normalized spacial score (nSPS) is 17.5. The van der Waals surface area contributed by atoms with E-state index in [9.17, 15) is 13.7 Å². The molecule has 22 nitrogen and oxygen atoms in total. The van der Waals surface area contributed by atoms with Crippen LogP contribution >= 0.6 is 82.6 Å². The Morgan fingerprint density at radius 3 is 1.43 bits per heavy atom.